The highest BCUT2D eigenvalue weighted by Gasteiger charge is 2.15. The van der Waals surface area contributed by atoms with Gasteiger partial charge in [0.25, 0.3) is 0 Å². The molecule has 0 fully saturated rings. The molecule has 110 valence electrons. The summed E-state index contributed by atoms with van der Waals surface area (Å²) in [4.78, 5) is 11.8. The Kier molecular flexibility index (Phi) is 4.32. The highest BCUT2D eigenvalue weighted by molar-refractivity contribution is 5.93. The minimum Gasteiger partial charge on any atom is -0.496 e. The molecule has 0 atom stereocenters. The van der Waals surface area contributed by atoms with Crippen molar-refractivity contribution in [2.24, 2.45) is 0 Å². The smallest absolute Gasteiger partial charge is 0.338 e. The van der Waals surface area contributed by atoms with Crippen molar-refractivity contribution in [3.63, 3.8) is 0 Å². The molecule has 3 heteroatoms. The van der Waals surface area contributed by atoms with Crippen molar-refractivity contribution in [3.05, 3.63) is 52.6 Å². The number of methoxy groups -OCH3 is 2. The minimum absolute atomic E-state index is 0.308. The molecule has 0 aliphatic heterocycles. The zero-order valence-corrected chi connectivity index (χ0v) is 13.1. The molecular formula is C18H20O3. The van der Waals surface area contributed by atoms with Crippen LogP contribution in [0.4, 0.5) is 0 Å². The summed E-state index contributed by atoms with van der Waals surface area (Å²) in [5.41, 5.74) is 5.94. The third kappa shape index (κ3) is 2.64. The van der Waals surface area contributed by atoms with Crippen molar-refractivity contribution >= 4 is 5.97 Å². The van der Waals surface area contributed by atoms with Gasteiger partial charge in [-0.05, 0) is 60.7 Å². The number of esters is 1. The van der Waals surface area contributed by atoms with E-state index in [0.717, 1.165) is 33.6 Å². The van der Waals surface area contributed by atoms with Crippen LogP contribution in [0.5, 0.6) is 5.75 Å². The SMILES string of the molecule is COC(=O)c1cccc(-c2ccc(OC)c(C)c2C)c1C. The number of benzene rings is 2. The molecule has 2 rings (SSSR count). The Balaban J connectivity index is 2.63. The Hall–Kier alpha value is -2.29. The number of rotatable bonds is 3. The number of hydrogen-bond acceptors (Lipinski definition) is 3. The summed E-state index contributed by atoms with van der Waals surface area (Å²) in [6, 6.07) is 9.69. The molecule has 0 radical (unpaired) electrons. The van der Waals surface area contributed by atoms with E-state index in [1.807, 2.05) is 38.1 Å². The van der Waals surface area contributed by atoms with Gasteiger partial charge in [0.15, 0.2) is 0 Å². The lowest BCUT2D eigenvalue weighted by Gasteiger charge is -2.16. The zero-order valence-electron chi connectivity index (χ0n) is 13.1. The molecule has 0 unspecified atom stereocenters. The normalized spacial score (nSPS) is 10.3. The molecule has 2 aromatic rings. The van der Waals surface area contributed by atoms with Crippen molar-refractivity contribution < 1.29 is 14.3 Å². The first-order chi connectivity index (χ1) is 10.0. The predicted octanol–water partition coefficient (Wildman–Crippen LogP) is 4.07. The number of hydrogen-bond donors (Lipinski definition) is 0. The van der Waals surface area contributed by atoms with Crippen LogP contribution in [0, 0.1) is 20.8 Å². The van der Waals surface area contributed by atoms with Crippen LogP contribution in [0.15, 0.2) is 30.3 Å². The van der Waals surface area contributed by atoms with Gasteiger partial charge in [-0.15, -0.1) is 0 Å². The topological polar surface area (TPSA) is 35.5 Å². The summed E-state index contributed by atoms with van der Waals surface area (Å²) in [6.45, 7) is 6.05. The summed E-state index contributed by atoms with van der Waals surface area (Å²) in [5, 5.41) is 0. The molecule has 0 saturated carbocycles. The average Bonchev–Trinajstić information content (AvgIpc) is 2.50. The van der Waals surface area contributed by atoms with E-state index < -0.39 is 0 Å². The lowest BCUT2D eigenvalue weighted by molar-refractivity contribution is 0.0600. The minimum atomic E-state index is -0.308. The van der Waals surface area contributed by atoms with E-state index in [-0.39, 0.29) is 5.97 Å². The van der Waals surface area contributed by atoms with Crippen LogP contribution in [0.2, 0.25) is 0 Å². The van der Waals surface area contributed by atoms with E-state index in [1.165, 1.54) is 7.11 Å². The molecular weight excluding hydrogens is 264 g/mol. The molecule has 0 aromatic heterocycles. The van der Waals surface area contributed by atoms with Gasteiger partial charge in [-0.2, -0.15) is 0 Å². The fourth-order valence-electron chi connectivity index (χ4n) is 2.57. The molecule has 0 amide bonds. The monoisotopic (exact) mass is 284 g/mol. The van der Waals surface area contributed by atoms with Gasteiger partial charge < -0.3 is 9.47 Å². The second-order valence-corrected chi connectivity index (χ2v) is 5.04. The molecule has 0 heterocycles. The van der Waals surface area contributed by atoms with Crippen LogP contribution in [0.3, 0.4) is 0 Å². The molecule has 0 N–H and O–H groups in total. The quantitative estimate of drug-likeness (QED) is 0.797. The summed E-state index contributed by atoms with van der Waals surface area (Å²) in [6.07, 6.45) is 0. The Morgan fingerprint density at radius 2 is 1.52 bits per heavy atom. The third-order valence-electron chi connectivity index (χ3n) is 3.99. The maximum atomic E-state index is 11.8. The van der Waals surface area contributed by atoms with Crippen LogP contribution in [-0.2, 0) is 4.74 Å². The van der Waals surface area contributed by atoms with Crippen LogP contribution < -0.4 is 4.74 Å². The van der Waals surface area contributed by atoms with Crippen LogP contribution in [-0.4, -0.2) is 20.2 Å². The van der Waals surface area contributed by atoms with Gasteiger partial charge >= 0.3 is 5.97 Å². The van der Waals surface area contributed by atoms with Gasteiger partial charge in [-0.25, -0.2) is 4.79 Å². The fraction of sp³-hybridized carbons (Fsp3) is 0.278. The van der Waals surface area contributed by atoms with Crippen molar-refractivity contribution in [2.45, 2.75) is 20.8 Å². The highest BCUT2D eigenvalue weighted by atomic mass is 16.5. The molecule has 21 heavy (non-hydrogen) atoms. The van der Waals surface area contributed by atoms with Crippen LogP contribution >= 0.6 is 0 Å². The number of carbonyl (C=O) groups is 1. The van der Waals surface area contributed by atoms with Gasteiger partial charge in [0.1, 0.15) is 5.75 Å². The van der Waals surface area contributed by atoms with E-state index in [9.17, 15) is 4.79 Å². The maximum absolute atomic E-state index is 11.8. The second kappa shape index (κ2) is 6.00. The summed E-state index contributed by atoms with van der Waals surface area (Å²) < 4.78 is 10.2. The van der Waals surface area contributed by atoms with Crippen molar-refractivity contribution in [3.8, 4) is 16.9 Å². The van der Waals surface area contributed by atoms with Gasteiger partial charge in [0.2, 0.25) is 0 Å². The van der Waals surface area contributed by atoms with E-state index in [2.05, 4.69) is 6.92 Å². The number of carbonyl (C=O) groups excluding carboxylic acids is 1. The molecule has 3 nitrogen and oxygen atoms in total. The lowest BCUT2D eigenvalue weighted by Crippen LogP contribution is -2.05. The van der Waals surface area contributed by atoms with E-state index >= 15 is 0 Å². The fourth-order valence-corrected chi connectivity index (χ4v) is 2.57. The Bertz CT molecular complexity index is 687. The second-order valence-electron chi connectivity index (χ2n) is 5.04. The van der Waals surface area contributed by atoms with E-state index in [0.29, 0.717) is 5.56 Å². The number of ether oxygens (including phenoxy) is 2. The Morgan fingerprint density at radius 1 is 0.857 bits per heavy atom. The first-order valence-electron chi connectivity index (χ1n) is 6.83. The van der Waals surface area contributed by atoms with Crippen molar-refractivity contribution in [1.29, 1.82) is 0 Å². The summed E-state index contributed by atoms with van der Waals surface area (Å²) >= 11 is 0. The van der Waals surface area contributed by atoms with E-state index in [1.54, 1.807) is 13.2 Å². The first kappa shape index (κ1) is 15.1. The van der Waals surface area contributed by atoms with Gasteiger partial charge in [0.05, 0.1) is 19.8 Å². The lowest BCUT2D eigenvalue weighted by atomic mass is 9.91. The maximum Gasteiger partial charge on any atom is 0.338 e. The predicted molar refractivity (Wildman–Crippen MR) is 84.0 cm³/mol. The van der Waals surface area contributed by atoms with E-state index in [4.69, 9.17) is 9.47 Å². The van der Waals surface area contributed by atoms with Crippen molar-refractivity contribution in [1.82, 2.24) is 0 Å². The average molecular weight is 284 g/mol. The summed E-state index contributed by atoms with van der Waals surface area (Å²) in [5.74, 6) is 0.565. The van der Waals surface area contributed by atoms with Gasteiger partial charge in [-0.1, -0.05) is 18.2 Å². The third-order valence-corrected chi connectivity index (χ3v) is 3.99. The Morgan fingerprint density at radius 3 is 2.14 bits per heavy atom. The highest BCUT2D eigenvalue weighted by Crippen LogP contribution is 2.33. The zero-order chi connectivity index (χ0) is 15.6. The molecule has 0 aliphatic rings. The van der Waals surface area contributed by atoms with Crippen LogP contribution in [0.25, 0.3) is 11.1 Å². The molecule has 2 aromatic carbocycles. The standard InChI is InChI=1S/C18H20O3/c1-11-12(2)17(20-4)10-9-15(11)14-7-6-8-16(13(14)3)18(19)21-5/h6-10H,1-5H3. The van der Waals surface area contributed by atoms with Crippen LogP contribution in [0.1, 0.15) is 27.0 Å². The molecule has 0 spiro atoms. The molecule has 0 aliphatic carbocycles. The Labute approximate surface area is 125 Å². The van der Waals surface area contributed by atoms with Gasteiger partial charge in [-0.3, -0.25) is 0 Å². The molecule has 0 bridgehead atoms. The summed E-state index contributed by atoms with van der Waals surface area (Å²) in [7, 11) is 3.07. The first-order valence-corrected chi connectivity index (χ1v) is 6.83. The van der Waals surface area contributed by atoms with Crippen molar-refractivity contribution in [2.75, 3.05) is 14.2 Å². The van der Waals surface area contributed by atoms with Gasteiger partial charge in [0, 0.05) is 0 Å². The largest absolute Gasteiger partial charge is 0.496 e. The molecule has 0 saturated heterocycles.